The SMILES string of the molecule is COc1cc2c(cc1OC)C(CNC[C@H](O)COc1ccc(O)c(NS(C)(=O)=O)c1)CCC2. The molecular formula is C23H32N2O7S. The summed E-state index contributed by atoms with van der Waals surface area (Å²) >= 11 is 0. The number of benzene rings is 2. The van der Waals surface area contributed by atoms with Crippen LogP contribution in [0.5, 0.6) is 23.0 Å². The number of aliphatic hydroxyl groups is 1. The van der Waals surface area contributed by atoms with Gasteiger partial charge in [0.25, 0.3) is 0 Å². The Bertz CT molecular complexity index is 1060. The van der Waals surface area contributed by atoms with Crippen LogP contribution < -0.4 is 24.2 Å². The third-order valence-electron chi connectivity index (χ3n) is 5.56. The van der Waals surface area contributed by atoms with Crippen molar-refractivity contribution in [2.24, 2.45) is 0 Å². The minimum atomic E-state index is -3.54. The summed E-state index contributed by atoms with van der Waals surface area (Å²) < 4.78 is 41.5. The van der Waals surface area contributed by atoms with Crippen LogP contribution in [0.15, 0.2) is 30.3 Å². The molecule has 0 radical (unpaired) electrons. The summed E-state index contributed by atoms with van der Waals surface area (Å²) in [5.41, 5.74) is 2.53. The van der Waals surface area contributed by atoms with Gasteiger partial charge in [-0.25, -0.2) is 8.42 Å². The molecule has 1 unspecified atom stereocenters. The quantitative estimate of drug-likeness (QED) is 0.361. The summed E-state index contributed by atoms with van der Waals surface area (Å²) in [6, 6.07) is 8.30. The van der Waals surface area contributed by atoms with Gasteiger partial charge in [-0.15, -0.1) is 0 Å². The summed E-state index contributed by atoms with van der Waals surface area (Å²) in [6.45, 7) is 1.06. The fraction of sp³-hybridized carbons (Fsp3) is 0.478. The van der Waals surface area contributed by atoms with Crippen molar-refractivity contribution < 1.29 is 32.8 Å². The van der Waals surface area contributed by atoms with Crippen molar-refractivity contribution in [2.75, 3.05) is 44.9 Å². The number of aliphatic hydroxyl groups excluding tert-OH is 1. The second-order valence-corrected chi connectivity index (χ2v) is 9.92. The molecule has 10 heteroatoms. The molecule has 0 bridgehead atoms. The molecular weight excluding hydrogens is 448 g/mol. The molecule has 0 aromatic heterocycles. The van der Waals surface area contributed by atoms with E-state index in [9.17, 15) is 18.6 Å². The van der Waals surface area contributed by atoms with Gasteiger partial charge in [-0.1, -0.05) is 0 Å². The number of ether oxygens (including phenoxy) is 3. The number of methoxy groups -OCH3 is 2. The molecule has 4 N–H and O–H groups in total. The van der Waals surface area contributed by atoms with Gasteiger partial charge in [-0.05, 0) is 60.6 Å². The first-order valence-electron chi connectivity index (χ1n) is 10.8. The molecule has 0 amide bonds. The van der Waals surface area contributed by atoms with Crippen molar-refractivity contribution >= 4 is 15.7 Å². The summed E-state index contributed by atoms with van der Waals surface area (Å²) in [5, 5.41) is 23.4. The molecule has 0 fully saturated rings. The van der Waals surface area contributed by atoms with E-state index in [1.54, 1.807) is 14.2 Å². The normalized spacial score (nSPS) is 16.5. The molecule has 33 heavy (non-hydrogen) atoms. The first-order valence-corrected chi connectivity index (χ1v) is 12.7. The smallest absolute Gasteiger partial charge is 0.229 e. The van der Waals surface area contributed by atoms with E-state index >= 15 is 0 Å². The number of anilines is 1. The highest BCUT2D eigenvalue weighted by Crippen LogP contribution is 2.39. The highest BCUT2D eigenvalue weighted by Gasteiger charge is 2.23. The van der Waals surface area contributed by atoms with Gasteiger partial charge in [-0.3, -0.25) is 4.72 Å². The Kier molecular flexibility index (Phi) is 8.28. The number of aryl methyl sites for hydroxylation is 1. The van der Waals surface area contributed by atoms with Crippen LogP contribution in [0.3, 0.4) is 0 Å². The van der Waals surface area contributed by atoms with Crippen LogP contribution in [0.1, 0.15) is 29.9 Å². The van der Waals surface area contributed by atoms with Gasteiger partial charge in [0.15, 0.2) is 11.5 Å². The highest BCUT2D eigenvalue weighted by molar-refractivity contribution is 7.92. The van der Waals surface area contributed by atoms with Crippen LogP contribution in [0, 0.1) is 0 Å². The number of phenolic OH excluding ortho intramolecular Hbond substituents is 1. The molecule has 1 aliphatic carbocycles. The molecule has 0 saturated carbocycles. The molecule has 2 aromatic carbocycles. The maximum absolute atomic E-state index is 11.4. The largest absolute Gasteiger partial charge is 0.506 e. The van der Waals surface area contributed by atoms with E-state index in [4.69, 9.17) is 14.2 Å². The Morgan fingerprint density at radius 1 is 1.15 bits per heavy atom. The Morgan fingerprint density at radius 2 is 1.88 bits per heavy atom. The minimum Gasteiger partial charge on any atom is -0.506 e. The van der Waals surface area contributed by atoms with Crippen LogP contribution >= 0.6 is 0 Å². The summed E-state index contributed by atoms with van der Waals surface area (Å²) in [6.07, 6.45) is 3.37. The van der Waals surface area contributed by atoms with E-state index in [2.05, 4.69) is 10.0 Å². The topological polar surface area (TPSA) is 126 Å². The summed E-state index contributed by atoms with van der Waals surface area (Å²) in [4.78, 5) is 0. The number of nitrogens with one attached hydrogen (secondary N) is 2. The molecule has 3 rings (SSSR count). The summed E-state index contributed by atoms with van der Waals surface area (Å²) in [5.74, 6) is 1.89. The van der Waals surface area contributed by atoms with Crippen molar-refractivity contribution in [1.82, 2.24) is 5.32 Å². The molecule has 9 nitrogen and oxygen atoms in total. The van der Waals surface area contributed by atoms with Crippen molar-refractivity contribution in [3.8, 4) is 23.0 Å². The zero-order chi connectivity index (χ0) is 24.0. The molecule has 2 atom stereocenters. The lowest BCUT2D eigenvalue weighted by atomic mass is 9.82. The third-order valence-corrected chi connectivity index (χ3v) is 6.15. The molecule has 0 saturated heterocycles. The number of hydrogen-bond acceptors (Lipinski definition) is 8. The predicted molar refractivity (Wildman–Crippen MR) is 126 cm³/mol. The van der Waals surface area contributed by atoms with E-state index in [0.29, 0.717) is 24.8 Å². The van der Waals surface area contributed by atoms with Gasteiger partial charge < -0.3 is 29.7 Å². The van der Waals surface area contributed by atoms with Gasteiger partial charge in [0.2, 0.25) is 10.0 Å². The number of sulfonamides is 1. The van der Waals surface area contributed by atoms with Gasteiger partial charge >= 0.3 is 0 Å². The minimum absolute atomic E-state index is 0.0162. The fourth-order valence-electron chi connectivity index (χ4n) is 4.00. The summed E-state index contributed by atoms with van der Waals surface area (Å²) in [7, 11) is -0.274. The molecule has 0 spiro atoms. The van der Waals surface area contributed by atoms with E-state index in [0.717, 1.165) is 37.0 Å². The van der Waals surface area contributed by atoms with Gasteiger partial charge in [-0.2, -0.15) is 0 Å². The van der Waals surface area contributed by atoms with E-state index in [1.165, 1.54) is 29.3 Å². The molecule has 0 aliphatic heterocycles. The second-order valence-electron chi connectivity index (χ2n) is 8.17. The van der Waals surface area contributed by atoms with Crippen LogP contribution in [0.25, 0.3) is 0 Å². The lowest BCUT2D eigenvalue weighted by molar-refractivity contribution is 0.106. The Hall–Kier alpha value is -2.69. The number of phenols is 1. The average molecular weight is 481 g/mol. The number of aromatic hydroxyl groups is 1. The maximum Gasteiger partial charge on any atom is 0.229 e. The number of hydrogen-bond donors (Lipinski definition) is 4. The molecule has 1 aliphatic rings. The Morgan fingerprint density at radius 3 is 2.58 bits per heavy atom. The zero-order valence-electron chi connectivity index (χ0n) is 19.1. The van der Waals surface area contributed by atoms with Crippen molar-refractivity contribution in [3.05, 3.63) is 41.5 Å². The van der Waals surface area contributed by atoms with Crippen molar-refractivity contribution in [3.63, 3.8) is 0 Å². The van der Waals surface area contributed by atoms with Crippen LogP contribution in [0.4, 0.5) is 5.69 Å². The van der Waals surface area contributed by atoms with Gasteiger partial charge in [0.1, 0.15) is 24.2 Å². The standard InChI is InChI=1S/C23H32N2O7S/c1-30-22-9-15-5-4-6-16(19(15)11-23(22)31-2)12-24-13-17(26)14-32-18-7-8-21(27)20(10-18)25-33(3,28)29/h7-11,16-17,24-27H,4-6,12-14H2,1-3H3/t16?,17-/m0/s1. The number of rotatable bonds is 11. The predicted octanol–water partition coefficient (Wildman–Crippen LogP) is 2.23. The van der Waals surface area contributed by atoms with Crippen LogP contribution in [-0.4, -0.2) is 64.9 Å². The average Bonchev–Trinajstić information content (AvgIpc) is 2.77. The molecule has 2 aromatic rings. The van der Waals surface area contributed by atoms with E-state index in [-0.39, 0.29) is 18.0 Å². The molecule has 182 valence electrons. The lowest BCUT2D eigenvalue weighted by Crippen LogP contribution is -2.34. The van der Waals surface area contributed by atoms with Gasteiger partial charge in [0.05, 0.1) is 26.2 Å². The van der Waals surface area contributed by atoms with Crippen LogP contribution in [0.2, 0.25) is 0 Å². The van der Waals surface area contributed by atoms with E-state index < -0.39 is 16.1 Å². The van der Waals surface area contributed by atoms with Crippen LogP contribution in [-0.2, 0) is 16.4 Å². The lowest BCUT2D eigenvalue weighted by Gasteiger charge is -2.27. The Labute approximate surface area is 194 Å². The monoisotopic (exact) mass is 480 g/mol. The number of fused-ring (bicyclic) bond motifs is 1. The first-order chi connectivity index (χ1) is 15.7. The van der Waals surface area contributed by atoms with Crippen molar-refractivity contribution in [1.29, 1.82) is 0 Å². The van der Waals surface area contributed by atoms with Gasteiger partial charge in [0, 0.05) is 19.2 Å². The maximum atomic E-state index is 11.4. The fourth-order valence-corrected chi connectivity index (χ4v) is 4.56. The first kappa shape index (κ1) is 24.9. The molecule has 0 heterocycles. The highest BCUT2D eigenvalue weighted by atomic mass is 32.2. The second kappa shape index (κ2) is 11.0. The van der Waals surface area contributed by atoms with Crippen molar-refractivity contribution in [2.45, 2.75) is 31.3 Å². The zero-order valence-corrected chi connectivity index (χ0v) is 19.9. The van der Waals surface area contributed by atoms with E-state index in [1.807, 2.05) is 12.1 Å². The third kappa shape index (κ3) is 6.89. The Balaban J connectivity index is 1.52.